The molecule has 0 N–H and O–H groups in total. The largest absolute Gasteiger partial charge is 0.467 e. The minimum atomic E-state index is 0.272. The molecule has 2 heteroatoms. The van der Waals surface area contributed by atoms with E-state index in [4.69, 9.17) is 9.47 Å². The minimum Gasteiger partial charge on any atom is -0.467 e. The predicted octanol–water partition coefficient (Wildman–Crippen LogP) is 6.75. The highest BCUT2D eigenvalue weighted by Gasteiger charge is 2.22. The van der Waals surface area contributed by atoms with E-state index in [1.54, 1.807) is 12.7 Å². The molecule has 0 unspecified atom stereocenters. The summed E-state index contributed by atoms with van der Waals surface area (Å²) in [5.74, 6) is 0.906. The Balaban J connectivity index is 2.15. The van der Waals surface area contributed by atoms with Crippen molar-refractivity contribution in [1.29, 1.82) is 0 Å². The predicted molar refractivity (Wildman–Crippen MR) is 109 cm³/mol. The van der Waals surface area contributed by atoms with E-state index in [0.29, 0.717) is 0 Å². The Labute approximate surface area is 158 Å². The molecule has 0 radical (unpaired) electrons. The van der Waals surface area contributed by atoms with Crippen LogP contribution in [-0.4, -0.2) is 13.9 Å². The average Bonchev–Trinajstić information content (AvgIpc) is 2.65. The van der Waals surface area contributed by atoms with Crippen molar-refractivity contribution in [2.24, 2.45) is 0 Å². The maximum Gasteiger partial charge on any atom is 0.188 e. The highest BCUT2D eigenvalue weighted by Crippen LogP contribution is 2.43. The van der Waals surface area contributed by atoms with Gasteiger partial charge in [-0.1, -0.05) is 30.7 Å². The molecule has 0 atom stereocenters. The summed E-state index contributed by atoms with van der Waals surface area (Å²) in [6.07, 6.45) is 13.5. The van der Waals surface area contributed by atoms with Crippen molar-refractivity contribution < 1.29 is 9.47 Å². The SMILES string of the molecule is C=C1CCCCC/C=C2/CCCCC2=C1c1cc(C)ccc1OCOC. The van der Waals surface area contributed by atoms with E-state index >= 15 is 0 Å². The van der Waals surface area contributed by atoms with Crippen LogP contribution in [0, 0.1) is 6.92 Å². The molecule has 3 rings (SSSR count). The third kappa shape index (κ3) is 4.48. The van der Waals surface area contributed by atoms with Gasteiger partial charge in [0, 0.05) is 12.7 Å². The topological polar surface area (TPSA) is 18.5 Å². The summed E-state index contributed by atoms with van der Waals surface area (Å²) in [5.41, 5.74) is 8.11. The van der Waals surface area contributed by atoms with Gasteiger partial charge in [0.25, 0.3) is 0 Å². The van der Waals surface area contributed by atoms with E-state index in [-0.39, 0.29) is 6.79 Å². The van der Waals surface area contributed by atoms with Gasteiger partial charge in [-0.15, -0.1) is 0 Å². The van der Waals surface area contributed by atoms with Crippen LogP contribution in [0.1, 0.15) is 68.9 Å². The number of ether oxygens (including phenoxy) is 2. The summed E-state index contributed by atoms with van der Waals surface area (Å²) in [6, 6.07) is 6.45. The van der Waals surface area contributed by atoms with Crippen molar-refractivity contribution >= 4 is 5.57 Å². The van der Waals surface area contributed by atoms with Gasteiger partial charge in [-0.25, -0.2) is 0 Å². The monoisotopic (exact) mass is 352 g/mol. The van der Waals surface area contributed by atoms with Gasteiger partial charge >= 0.3 is 0 Å². The zero-order valence-corrected chi connectivity index (χ0v) is 16.4. The van der Waals surface area contributed by atoms with E-state index in [1.165, 1.54) is 72.8 Å². The van der Waals surface area contributed by atoms with Crippen molar-refractivity contribution in [2.45, 2.75) is 64.7 Å². The smallest absolute Gasteiger partial charge is 0.188 e. The lowest BCUT2D eigenvalue weighted by Gasteiger charge is -2.26. The van der Waals surface area contributed by atoms with Gasteiger partial charge in [0.1, 0.15) is 5.75 Å². The maximum absolute atomic E-state index is 5.93. The van der Waals surface area contributed by atoms with Crippen molar-refractivity contribution in [3.05, 3.63) is 58.7 Å². The van der Waals surface area contributed by atoms with E-state index in [1.807, 2.05) is 0 Å². The molecule has 0 aromatic heterocycles. The number of methoxy groups -OCH3 is 1. The molecule has 0 bridgehead atoms. The summed E-state index contributed by atoms with van der Waals surface area (Å²) < 4.78 is 11.1. The van der Waals surface area contributed by atoms with Gasteiger partial charge in [-0.2, -0.15) is 0 Å². The van der Waals surface area contributed by atoms with Crippen LogP contribution in [0.5, 0.6) is 5.75 Å². The van der Waals surface area contributed by atoms with Crippen LogP contribution in [0.25, 0.3) is 5.57 Å². The Kier molecular flexibility index (Phi) is 6.73. The quantitative estimate of drug-likeness (QED) is 0.558. The first-order valence-electron chi connectivity index (χ1n) is 10.0. The third-order valence-corrected chi connectivity index (χ3v) is 5.48. The number of benzene rings is 1. The molecule has 2 aliphatic rings. The first-order valence-corrected chi connectivity index (χ1v) is 10.0. The van der Waals surface area contributed by atoms with Gasteiger partial charge in [0.2, 0.25) is 0 Å². The number of aryl methyl sites for hydroxylation is 1. The third-order valence-electron chi connectivity index (χ3n) is 5.48. The van der Waals surface area contributed by atoms with Crippen molar-refractivity contribution in [2.75, 3.05) is 13.9 Å². The van der Waals surface area contributed by atoms with Gasteiger partial charge in [-0.05, 0) is 92.7 Å². The maximum atomic E-state index is 5.93. The lowest BCUT2D eigenvalue weighted by atomic mass is 9.79. The van der Waals surface area contributed by atoms with Crippen LogP contribution in [0.15, 0.2) is 47.6 Å². The second-order valence-corrected chi connectivity index (χ2v) is 7.54. The molecular weight excluding hydrogens is 320 g/mol. The Bertz CT molecular complexity index is 709. The van der Waals surface area contributed by atoms with Crippen LogP contribution in [0.3, 0.4) is 0 Å². The van der Waals surface area contributed by atoms with E-state index in [2.05, 4.69) is 37.8 Å². The molecule has 0 heterocycles. The molecule has 140 valence electrons. The van der Waals surface area contributed by atoms with Crippen LogP contribution < -0.4 is 4.74 Å². The van der Waals surface area contributed by atoms with Gasteiger partial charge in [-0.3, -0.25) is 0 Å². The first-order chi connectivity index (χ1) is 12.7. The summed E-state index contributed by atoms with van der Waals surface area (Å²) in [7, 11) is 1.67. The molecule has 0 spiro atoms. The molecule has 1 aromatic carbocycles. The van der Waals surface area contributed by atoms with Crippen LogP contribution in [-0.2, 0) is 4.74 Å². The zero-order valence-electron chi connectivity index (χ0n) is 16.4. The molecule has 0 aliphatic heterocycles. The Hall–Kier alpha value is -1.80. The van der Waals surface area contributed by atoms with Crippen LogP contribution in [0.2, 0.25) is 0 Å². The fourth-order valence-electron chi connectivity index (χ4n) is 4.15. The van der Waals surface area contributed by atoms with E-state index in [9.17, 15) is 0 Å². The normalized spacial score (nSPS) is 21.0. The fraction of sp³-hybridized carbons (Fsp3) is 0.500. The molecule has 1 saturated carbocycles. The number of allylic oxidation sites excluding steroid dienone is 5. The molecule has 0 saturated heterocycles. The second-order valence-electron chi connectivity index (χ2n) is 7.54. The average molecular weight is 353 g/mol. The number of hydrogen-bond acceptors (Lipinski definition) is 2. The molecular formula is C24H32O2. The van der Waals surface area contributed by atoms with Gasteiger partial charge < -0.3 is 9.47 Å². The fourth-order valence-corrected chi connectivity index (χ4v) is 4.15. The molecule has 0 amide bonds. The van der Waals surface area contributed by atoms with Gasteiger partial charge in [0.15, 0.2) is 6.79 Å². The molecule has 2 nitrogen and oxygen atoms in total. The highest BCUT2D eigenvalue weighted by molar-refractivity contribution is 5.86. The number of fused-ring (bicyclic) bond motifs is 1. The van der Waals surface area contributed by atoms with Crippen LogP contribution >= 0.6 is 0 Å². The molecule has 1 aromatic rings. The van der Waals surface area contributed by atoms with E-state index in [0.717, 1.165) is 18.6 Å². The lowest BCUT2D eigenvalue weighted by molar-refractivity contribution is 0.0509. The number of hydrogen-bond donors (Lipinski definition) is 0. The zero-order chi connectivity index (χ0) is 18.4. The van der Waals surface area contributed by atoms with Crippen molar-refractivity contribution in [3.63, 3.8) is 0 Å². The Morgan fingerprint density at radius 1 is 1.00 bits per heavy atom. The first kappa shape index (κ1) is 19.0. The Morgan fingerprint density at radius 3 is 2.65 bits per heavy atom. The standard InChI is InChI=1S/C24H32O2/c1-18-14-15-23(26-17-25-3)22(16-18)24-19(2)10-6-4-5-7-11-20-12-8-9-13-21(20)24/h11,14-16H,2,4-10,12-13,17H2,1,3H3/b20-11-,24-21?. The molecule has 26 heavy (non-hydrogen) atoms. The van der Waals surface area contributed by atoms with E-state index < -0.39 is 0 Å². The summed E-state index contributed by atoms with van der Waals surface area (Å²) in [5, 5.41) is 0. The minimum absolute atomic E-state index is 0.272. The Morgan fingerprint density at radius 2 is 1.81 bits per heavy atom. The van der Waals surface area contributed by atoms with Crippen molar-refractivity contribution in [3.8, 4) is 5.75 Å². The molecule has 1 fully saturated rings. The lowest BCUT2D eigenvalue weighted by Crippen LogP contribution is -2.08. The van der Waals surface area contributed by atoms with Gasteiger partial charge in [0.05, 0.1) is 0 Å². The van der Waals surface area contributed by atoms with Crippen LogP contribution in [0.4, 0.5) is 0 Å². The number of rotatable bonds is 4. The molecule has 2 aliphatic carbocycles. The van der Waals surface area contributed by atoms with Crippen molar-refractivity contribution in [1.82, 2.24) is 0 Å². The highest BCUT2D eigenvalue weighted by atomic mass is 16.7. The summed E-state index contributed by atoms with van der Waals surface area (Å²) in [4.78, 5) is 0. The summed E-state index contributed by atoms with van der Waals surface area (Å²) in [6.45, 7) is 6.94. The second kappa shape index (κ2) is 9.23. The summed E-state index contributed by atoms with van der Waals surface area (Å²) >= 11 is 0.